The minimum atomic E-state index is -4.77. The second-order valence-corrected chi connectivity index (χ2v) is 19.1. The van der Waals surface area contributed by atoms with Crippen LogP contribution in [0.3, 0.4) is 0 Å². The van der Waals surface area contributed by atoms with Crippen LogP contribution in [0.5, 0.6) is 0 Å². The lowest BCUT2D eigenvalue weighted by atomic mass is 10.1. The van der Waals surface area contributed by atoms with Crippen LogP contribution in [0.4, 0.5) is 0 Å². The van der Waals surface area contributed by atoms with E-state index >= 15 is 0 Å². The molecule has 0 bridgehead atoms. The van der Waals surface area contributed by atoms with E-state index in [0.717, 1.165) is 141 Å². The third-order valence-electron chi connectivity index (χ3n) is 10.9. The van der Waals surface area contributed by atoms with Crippen LogP contribution in [0.25, 0.3) is 0 Å². The lowest BCUT2D eigenvalue weighted by Crippen LogP contribution is -2.30. The Morgan fingerprint density at radius 3 is 1.07 bits per heavy atom. The summed E-state index contributed by atoms with van der Waals surface area (Å²) in [6, 6.07) is 0. The Morgan fingerprint density at radius 2 is 0.681 bits per heavy atom. The molecule has 0 fully saturated rings. The summed E-state index contributed by atoms with van der Waals surface area (Å²) < 4.78 is 39.4. The molecule has 0 aromatic rings. The van der Waals surface area contributed by atoms with E-state index in [9.17, 15) is 28.9 Å². The van der Waals surface area contributed by atoms with Gasteiger partial charge >= 0.3 is 25.7 Å². The molecule has 0 rings (SSSR count). The van der Waals surface area contributed by atoms with Gasteiger partial charge in [-0.3, -0.25) is 23.4 Å². The molecule has 0 aromatic heterocycles. The molecule has 0 aliphatic carbocycles. The average molecular weight is 1030 g/mol. The van der Waals surface area contributed by atoms with Crippen LogP contribution in [0.1, 0.15) is 201 Å². The lowest BCUT2D eigenvalue weighted by Gasteiger charge is -2.21. The van der Waals surface area contributed by atoms with E-state index < -0.39 is 57.8 Å². The van der Waals surface area contributed by atoms with Crippen LogP contribution in [-0.2, 0) is 42.2 Å². The molecule has 12 heteroatoms. The van der Waals surface area contributed by atoms with E-state index in [4.69, 9.17) is 23.3 Å². The highest BCUT2D eigenvalue weighted by molar-refractivity contribution is 7.47. The van der Waals surface area contributed by atoms with Crippen LogP contribution in [-0.4, -0.2) is 66.5 Å². The number of rotatable bonds is 49. The first-order valence-corrected chi connectivity index (χ1v) is 28.9. The van der Waals surface area contributed by atoms with Crippen molar-refractivity contribution in [3.05, 3.63) is 122 Å². The van der Waals surface area contributed by atoms with E-state index in [-0.39, 0.29) is 25.9 Å². The van der Waals surface area contributed by atoms with Crippen molar-refractivity contribution in [2.75, 3.05) is 26.4 Å². The fourth-order valence-corrected chi connectivity index (χ4v) is 7.57. The van der Waals surface area contributed by atoms with Crippen molar-refractivity contribution >= 4 is 25.7 Å². The van der Waals surface area contributed by atoms with Gasteiger partial charge in [-0.05, 0) is 122 Å². The van der Waals surface area contributed by atoms with Crippen LogP contribution in [0.15, 0.2) is 122 Å². The zero-order chi connectivity index (χ0) is 52.7. The molecule has 0 saturated heterocycles. The van der Waals surface area contributed by atoms with Gasteiger partial charge in [0.2, 0.25) is 0 Å². The number of ether oxygens (including phenoxy) is 3. The Labute approximate surface area is 437 Å². The number of phosphoric acid groups is 1. The number of allylic oxidation sites excluding steroid dienone is 20. The summed E-state index contributed by atoms with van der Waals surface area (Å²) in [5, 5.41) is 9.80. The van der Waals surface area contributed by atoms with Gasteiger partial charge in [0, 0.05) is 19.3 Å². The summed E-state index contributed by atoms with van der Waals surface area (Å²) in [7, 11) is -4.77. The molecule has 72 heavy (non-hydrogen) atoms. The number of carbonyl (C=O) groups is 3. The number of phosphoric ester groups is 1. The lowest BCUT2D eigenvalue weighted by molar-refractivity contribution is -0.161. The number of aliphatic hydroxyl groups excluding tert-OH is 1. The van der Waals surface area contributed by atoms with Crippen molar-refractivity contribution in [2.24, 2.45) is 0 Å². The number of unbranched alkanes of at least 4 members (excludes halogenated alkanes) is 12. The van der Waals surface area contributed by atoms with Crippen molar-refractivity contribution < 1.29 is 52.2 Å². The third kappa shape index (κ3) is 50.8. The second kappa shape index (κ2) is 53.2. The van der Waals surface area contributed by atoms with Gasteiger partial charge in [-0.25, -0.2) is 4.57 Å². The summed E-state index contributed by atoms with van der Waals surface area (Å²) in [5.41, 5.74) is 0. The van der Waals surface area contributed by atoms with E-state index in [0.29, 0.717) is 19.3 Å². The molecule has 3 unspecified atom stereocenters. The molecule has 0 aromatic carbocycles. The predicted molar refractivity (Wildman–Crippen MR) is 297 cm³/mol. The number of esters is 3. The Hall–Kier alpha value is -4.12. The van der Waals surface area contributed by atoms with Crippen molar-refractivity contribution in [3.63, 3.8) is 0 Å². The fourth-order valence-electron chi connectivity index (χ4n) is 6.79. The zero-order valence-electron chi connectivity index (χ0n) is 44.8. The molecular formula is C60H97O11P. The van der Waals surface area contributed by atoms with Crippen LogP contribution in [0.2, 0.25) is 0 Å². The van der Waals surface area contributed by atoms with E-state index in [2.05, 4.69) is 142 Å². The summed E-state index contributed by atoms with van der Waals surface area (Å²) in [4.78, 5) is 48.4. The Bertz CT molecular complexity index is 1670. The van der Waals surface area contributed by atoms with Gasteiger partial charge < -0.3 is 24.2 Å². The SMILES string of the molecule is CC/C=C\C/C=C\C/C=C\C/C=C\CCCCC(=O)OC(COC(=O)CCCCCCC/C=C\C/C=C\C/C=C\CC)COP(=O)(O)OCC(CO)OC(=O)CCCCCCC/C=C\C/C=C\C/C=C\CC. The minimum Gasteiger partial charge on any atom is -0.462 e. The van der Waals surface area contributed by atoms with Gasteiger partial charge in [0.05, 0.1) is 19.8 Å². The standard InChI is InChI=1S/C60H97O11P/c1-4-7-10-13-16-19-22-25-28-31-34-37-40-43-46-49-58(62)67-53-57(71-60(64)51-48-45-42-39-36-33-30-27-24-21-18-15-12-9-6-3)55-69-72(65,66)68-54-56(52-61)70-59(63)50-47-44-41-38-35-32-29-26-23-20-17-14-11-8-5-2/h7-12,16-21,25-30,36,39,56-57,61H,4-6,13-15,22-24,31-35,37-38,40-55H2,1-3H3,(H,65,66)/b10-7-,11-8-,12-9-,19-16-,20-17-,21-18-,28-25-,29-26-,30-27-,39-36-. The Morgan fingerprint density at radius 1 is 0.389 bits per heavy atom. The topological polar surface area (TPSA) is 155 Å². The highest BCUT2D eigenvalue weighted by Gasteiger charge is 2.28. The van der Waals surface area contributed by atoms with Gasteiger partial charge in [-0.2, -0.15) is 0 Å². The first-order chi connectivity index (χ1) is 35.2. The van der Waals surface area contributed by atoms with Crippen molar-refractivity contribution in [1.82, 2.24) is 0 Å². The maximum absolute atomic E-state index is 12.9. The molecule has 3 atom stereocenters. The van der Waals surface area contributed by atoms with E-state index in [1.54, 1.807) is 0 Å². The third-order valence-corrected chi connectivity index (χ3v) is 11.8. The molecule has 2 N–H and O–H groups in total. The zero-order valence-corrected chi connectivity index (χ0v) is 45.7. The van der Waals surface area contributed by atoms with Crippen LogP contribution < -0.4 is 0 Å². The first-order valence-electron chi connectivity index (χ1n) is 27.4. The molecule has 408 valence electrons. The monoisotopic (exact) mass is 1020 g/mol. The summed E-state index contributed by atoms with van der Waals surface area (Å²) in [6.45, 7) is 4.19. The summed E-state index contributed by atoms with van der Waals surface area (Å²) in [5.74, 6) is -1.57. The first kappa shape index (κ1) is 67.9. The highest BCUT2D eigenvalue weighted by Crippen LogP contribution is 2.43. The highest BCUT2D eigenvalue weighted by atomic mass is 31.2. The second-order valence-electron chi connectivity index (χ2n) is 17.6. The quantitative estimate of drug-likeness (QED) is 0.0197. The molecule has 0 saturated carbocycles. The molecular weight excluding hydrogens is 928 g/mol. The fraction of sp³-hybridized carbons (Fsp3) is 0.617. The summed E-state index contributed by atoms with van der Waals surface area (Å²) in [6.07, 6.45) is 64.5. The van der Waals surface area contributed by atoms with Crippen molar-refractivity contribution in [2.45, 2.75) is 213 Å². The van der Waals surface area contributed by atoms with Gasteiger partial charge in [0.15, 0.2) is 6.10 Å². The van der Waals surface area contributed by atoms with Gasteiger partial charge in [-0.1, -0.05) is 181 Å². The predicted octanol–water partition coefficient (Wildman–Crippen LogP) is 16.0. The number of carbonyl (C=O) groups excluding carboxylic acids is 3. The number of aliphatic hydroxyl groups is 1. The molecule has 0 amide bonds. The molecule has 0 radical (unpaired) electrons. The van der Waals surface area contributed by atoms with Gasteiger partial charge in [0.25, 0.3) is 0 Å². The minimum absolute atomic E-state index is 0.103. The Kier molecular flexibility index (Phi) is 50.1. The van der Waals surface area contributed by atoms with Crippen molar-refractivity contribution in [3.8, 4) is 0 Å². The normalized spacial score (nSPS) is 14.3. The molecule has 0 heterocycles. The van der Waals surface area contributed by atoms with Gasteiger partial charge in [-0.15, -0.1) is 0 Å². The average Bonchev–Trinajstić information content (AvgIpc) is 3.37. The maximum atomic E-state index is 12.9. The van der Waals surface area contributed by atoms with Crippen LogP contribution in [0, 0.1) is 0 Å². The molecule has 0 aliphatic rings. The smallest absolute Gasteiger partial charge is 0.462 e. The van der Waals surface area contributed by atoms with E-state index in [1.807, 2.05) is 0 Å². The largest absolute Gasteiger partial charge is 0.472 e. The Balaban J connectivity index is 4.84. The summed E-state index contributed by atoms with van der Waals surface area (Å²) >= 11 is 0. The van der Waals surface area contributed by atoms with Crippen LogP contribution >= 0.6 is 7.82 Å². The van der Waals surface area contributed by atoms with E-state index in [1.165, 1.54) is 0 Å². The van der Waals surface area contributed by atoms with Crippen molar-refractivity contribution in [1.29, 1.82) is 0 Å². The molecule has 0 spiro atoms. The number of hydrogen-bond acceptors (Lipinski definition) is 10. The molecule has 11 nitrogen and oxygen atoms in total. The molecule has 0 aliphatic heterocycles. The maximum Gasteiger partial charge on any atom is 0.472 e. The van der Waals surface area contributed by atoms with Gasteiger partial charge in [0.1, 0.15) is 12.7 Å². The number of hydrogen-bond donors (Lipinski definition) is 2.